The van der Waals surface area contributed by atoms with Gasteiger partial charge in [0, 0.05) is 19.6 Å². The fourth-order valence-corrected chi connectivity index (χ4v) is 5.13. The Labute approximate surface area is 341 Å². The van der Waals surface area contributed by atoms with Crippen LogP contribution in [-0.2, 0) is 27.5 Å². The average Bonchev–Trinajstić information content (AvgIpc) is 3.20. The molecule has 0 aliphatic carbocycles. The number of alkyl carbamates (subject to hydrolysis) is 1. The number of aromatic nitrogens is 2. The summed E-state index contributed by atoms with van der Waals surface area (Å²) < 4.78 is 11.4. The van der Waals surface area contributed by atoms with E-state index in [1.165, 1.54) is 0 Å². The van der Waals surface area contributed by atoms with Gasteiger partial charge in [0.2, 0.25) is 5.91 Å². The van der Waals surface area contributed by atoms with E-state index in [0.29, 0.717) is 20.6 Å². The number of carbonyl (C=O) groups excluding carboxylic acids is 4. The fourth-order valence-electron chi connectivity index (χ4n) is 5.13. The molecule has 0 saturated heterocycles. The monoisotopic (exact) mass is 832 g/mol. The number of rotatable bonds is 20. The van der Waals surface area contributed by atoms with Crippen molar-refractivity contribution >= 4 is 35.8 Å². The van der Waals surface area contributed by atoms with Crippen LogP contribution >= 0.6 is 0 Å². The van der Waals surface area contributed by atoms with E-state index in [1.54, 1.807) is 81.4 Å². The maximum absolute atomic E-state index is 13.6. The molecule has 0 aliphatic rings. The summed E-state index contributed by atoms with van der Waals surface area (Å²) >= 11 is 0. The zero-order valence-electron chi connectivity index (χ0n) is 32.8. The number of aromatic carboxylic acids is 2. The fraction of sp³-hybridized carbons (Fsp3) is 0.300. The Balaban J connectivity index is 1.51. The summed E-state index contributed by atoms with van der Waals surface area (Å²) in [6.45, 7) is 3.92. The Hall–Kier alpha value is -7.48. The smallest absolute Gasteiger partial charge is 0.407 e. The summed E-state index contributed by atoms with van der Waals surface area (Å²) in [5.41, 5.74) is -4.20. The third-order valence-electron chi connectivity index (χ3n) is 7.97. The van der Waals surface area contributed by atoms with Crippen LogP contribution in [0.4, 0.5) is 4.79 Å². The molecule has 1 unspecified atom stereocenters. The van der Waals surface area contributed by atoms with Gasteiger partial charge in [-0.15, -0.1) is 9.46 Å². The van der Waals surface area contributed by atoms with Gasteiger partial charge in [-0.1, -0.05) is 60.7 Å². The van der Waals surface area contributed by atoms with Crippen LogP contribution in [0.5, 0.6) is 0 Å². The standard InChI is InChI=1S/C40H44N6O14/c1-40(2,3)60-39(56)42-19-21-57-20-18-41-34(49)29(44-33(48)28-15-17-31(38(54)55)46(36(28)51)59-24-26-12-8-5-9-13-26)22-43-32(47)27-14-16-30(37(52)53)45(35(27)50)58-23-25-10-6-4-7-11-25/h4-17,29H,18-24H2,1-3H3,(H,41,49)(H,42,56)(H,43,47)(H,44,48)(H,52,53)(H,54,55). The summed E-state index contributed by atoms with van der Waals surface area (Å²) in [4.78, 5) is 114. The molecular weight excluding hydrogens is 788 g/mol. The number of carboxylic acid groups (broad SMARTS) is 2. The third kappa shape index (κ3) is 13.3. The Morgan fingerprint density at radius 2 is 1.10 bits per heavy atom. The van der Waals surface area contributed by atoms with Gasteiger partial charge in [0.25, 0.3) is 22.9 Å². The Bertz CT molecular complexity index is 2290. The van der Waals surface area contributed by atoms with Crippen molar-refractivity contribution in [1.29, 1.82) is 0 Å². The highest BCUT2D eigenvalue weighted by atomic mass is 16.7. The molecule has 0 spiro atoms. The molecule has 2 heterocycles. The number of hydrogen-bond acceptors (Lipinski definition) is 12. The molecule has 2 aromatic heterocycles. The van der Waals surface area contributed by atoms with Crippen LogP contribution in [0.15, 0.2) is 94.5 Å². The van der Waals surface area contributed by atoms with E-state index in [4.69, 9.17) is 19.1 Å². The minimum absolute atomic E-state index is 0.0452. The first-order valence-electron chi connectivity index (χ1n) is 18.3. The molecule has 0 bridgehead atoms. The van der Waals surface area contributed by atoms with Crippen LogP contribution in [0, 0.1) is 0 Å². The number of pyridine rings is 2. The minimum Gasteiger partial charge on any atom is -0.476 e. The van der Waals surface area contributed by atoms with E-state index in [9.17, 15) is 48.6 Å². The molecule has 60 heavy (non-hydrogen) atoms. The van der Waals surface area contributed by atoms with Crippen molar-refractivity contribution in [2.24, 2.45) is 0 Å². The van der Waals surface area contributed by atoms with Crippen molar-refractivity contribution in [3.05, 3.63) is 139 Å². The summed E-state index contributed by atoms with van der Waals surface area (Å²) in [5.74, 6) is -6.17. The number of carboxylic acids is 2. The van der Waals surface area contributed by atoms with Crippen molar-refractivity contribution in [2.45, 2.75) is 45.6 Å². The third-order valence-corrected chi connectivity index (χ3v) is 7.97. The van der Waals surface area contributed by atoms with Crippen molar-refractivity contribution in [2.75, 3.05) is 32.8 Å². The van der Waals surface area contributed by atoms with Crippen LogP contribution in [0.3, 0.4) is 0 Å². The number of hydrogen-bond donors (Lipinski definition) is 6. The van der Waals surface area contributed by atoms with Crippen LogP contribution in [0.25, 0.3) is 0 Å². The molecule has 6 N–H and O–H groups in total. The van der Waals surface area contributed by atoms with E-state index in [2.05, 4.69) is 21.3 Å². The number of nitrogens with zero attached hydrogens (tertiary/aromatic N) is 2. The number of benzene rings is 2. The molecular formula is C40H44N6O14. The molecule has 0 fully saturated rings. The molecule has 4 amide bonds. The van der Waals surface area contributed by atoms with Gasteiger partial charge in [0.1, 0.15) is 36.0 Å². The summed E-state index contributed by atoms with van der Waals surface area (Å²) in [6.07, 6.45) is -0.649. The normalized spacial score (nSPS) is 11.4. The van der Waals surface area contributed by atoms with E-state index in [0.717, 1.165) is 24.3 Å². The maximum atomic E-state index is 13.6. The van der Waals surface area contributed by atoms with Crippen LogP contribution in [0.1, 0.15) is 73.6 Å². The summed E-state index contributed by atoms with van der Waals surface area (Å²) in [6, 6.07) is 19.2. The lowest BCUT2D eigenvalue weighted by Gasteiger charge is -2.20. The predicted molar refractivity (Wildman–Crippen MR) is 210 cm³/mol. The minimum atomic E-state index is -1.62. The van der Waals surface area contributed by atoms with Crippen LogP contribution in [-0.4, -0.2) is 99.9 Å². The average molecular weight is 833 g/mol. The molecule has 20 nitrogen and oxygen atoms in total. The topological polar surface area (TPSA) is 272 Å². The van der Waals surface area contributed by atoms with Gasteiger partial charge in [-0.25, -0.2) is 14.4 Å². The zero-order valence-corrected chi connectivity index (χ0v) is 32.8. The quantitative estimate of drug-likeness (QED) is 0.0675. The molecule has 0 aliphatic heterocycles. The molecule has 4 aromatic rings. The van der Waals surface area contributed by atoms with Gasteiger partial charge in [0.05, 0.1) is 13.2 Å². The Morgan fingerprint density at radius 1 is 0.633 bits per heavy atom. The molecule has 1 atom stereocenters. The van der Waals surface area contributed by atoms with Crippen LogP contribution in [0.2, 0.25) is 0 Å². The van der Waals surface area contributed by atoms with E-state index < -0.39 is 87.6 Å². The number of amides is 4. The van der Waals surface area contributed by atoms with Crippen molar-refractivity contribution in [3.63, 3.8) is 0 Å². The van der Waals surface area contributed by atoms with Crippen LogP contribution < -0.4 is 42.1 Å². The maximum Gasteiger partial charge on any atom is 0.407 e. The second-order valence-corrected chi connectivity index (χ2v) is 13.7. The lowest BCUT2D eigenvalue weighted by atomic mass is 10.2. The molecule has 0 radical (unpaired) electrons. The highest BCUT2D eigenvalue weighted by Gasteiger charge is 2.27. The zero-order chi connectivity index (χ0) is 43.8. The highest BCUT2D eigenvalue weighted by Crippen LogP contribution is 2.07. The number of ether oxygens (including phenoxy) is 2. The first kappa shape index (κ1) is 45.2. The first-order valence-corrected chi connectivity index (χ1v) is 18.3. The van der Waals surface area contributed by atoms with E-state index in [1.807, 2.05) is 0 Å². The molecule has 2 aromatic carbocycles. The van der Waals surface area contributed by atoms with Crippen molar-refractivity contribution < 1.29 is 58.1 Å². The largest absolute Gasteiger partial charge is 0.476 e. The van der Waals surface area contributed by atoms with Gasteiger partial charge in [-0.05, 0) is 56.2 Å². The molecule has 4 rings (SSSR count). The SMILES string of the molecule is CC(C)(C)OC(=O)NCCOCCNC(=O)C(CNC(=O)c1ccc(C(=O)O)n(OCc2ccccc2)c1=O)NC(=O)c1ccc(C(=O)O)n(OCc2ccccc2)c1=O. The Morgan fingerprint density at radius 3 is 1.57 bits per heavy atom. The molecule has 20 heteroatoms. The van der Waals surface area contributed by atoms with Crippen molar-refractivity contribution in [3.8, 4) is 0 Å². The highest BCUT2D eigenvalue weighted by molar-refractivity contribution is 5.99. The van der Waals surface area contributed by atoms with Gasteiger partial charge in [-0.2, -0.15) is 0 Å². The van der Waals surface area contributed by atoms with Crippen molar-refractivity contribution in [1.82, 2.24) is 30.7 Å². The van der Waals surface area contributed by atoms with Gasteiger partial charge >= 0.3 is 18.0 Å². The second-order valence-electron chi connectivity index (χ2n) is 13.7. The first-order chi connectivity index (χ1) is 28.6. The number of nitrogens with one attached hydrogen (secondary N) is 4. The summed E-state index contributed by atoms with van der Waals surface area (Å²) in [5, 5.41) is 29.1. The van der Waals surface area contributed by atoms with E-state index in [-0.39, 0.29) is 39.5 Å². The van der Waals surface area contributed by atoms with Gasteiger partial charge in [0.15, 0.2) is 11.4 Å². The second kappa shape index (κ2) is 21.3. The number of carbonyl (C=O) groups is 6. The molecule has 0 saturated carbocycles. The predicted octanol–water partition coefficient (Wildman–Crippen LogP) is 0.850. The summed E-state index contributed by atoms with van der Waals surface area (Å²) in [7, 11) is 0. The lowest BCUT2D eigenvalue weighted by Crippen LogP contribution is -2.54. The molecule has 318 valence electrons. The lowest BCUT2D eigenvalue weighted by molar-refractivity contribution is -0.123. The van der Waals surface area contributed by atoms with Gasteiger partial charge < -0.3 is 50.6 Å². The van der Waals surface area contributed by atoms with E-state index >= 15 is 0 Å². The Kier molecular flexibility index (Phi) is 16.1. The van der Waals surface area contributed by atoms with Gasteiger partial charge in [-0.3, -0.25) is 24.0 Å².